The van der Waals surface area contributed by atoms with Crippen LogP contribution in [-0.4, -0.2) is 21.2 Å². The molecule has 0 aliphatic rings. The number of rotatable bonds is 4. The standard InChI is InChI=1S/C12H11N5S/c1-18-12-10(6-13)11(16-8-17-12)15-7-9-2-4-14-5-3-9/h2-5,8H,7H2,1H3,(H,15,16,17). The number of pyridine rings is 1. The summed E-state index contributed by atoms with van der Waals surface area (Å²) in [6.07, 6.45) is 6.81. The second-order valence-corrected chi connectivity index (χ2v) is 4.22. The maximum absolute atomic E-state index is 9.13. The Morgan fingerprint density at radius 1 is 1.33 bits per heavy atom. The number of thioether (sulfide) groups is 1. The minimum absolute atomic E-state index is 0.485. The van der Waals surface area contributed by atoms with Gasteiger partial charge in [0.15, 0.2) is 0 Å². The first kappa shape index (κ1) is 12.3. The van der Waals surface area contributed by atoms with Crippen LogP contribution in [0.1, 0.15) is 11.1 Å². The highest BCUT2D eigenvalue weighted by Crippen LogP contribution is 2.22. The van der Waals surface area contributed by atoms with E-state index in [0.29, 0.717) is 23.0 Å². The van der Waals surface area contributed by atoms with Gasteiger partial charge >= 0.3 is 0 Å². The molecule has 2 aromatic heterocycles. The van der Waals surface area contributed by atoms with Crippen molar-refractivity contribution in [3.8, 4) is 6.07 Å². The van der Waals surface area contributed by atoms with Crippen molar-refractivity contribution >= 4 is 17.6 Å². The molecule has 0 radical (unpaired) electrons. The highest BCUT2D eigenvalue weighted by molar-refractivity contribution is 7.98. The van der Waals surface area contributed by atoms with E-state index in [1.807, 2.05) is 18.4 Å². The molecule has 18 heavy (non-hydrogen) atoms. The van der Waals surface area contributed by atoms with Crippen LogP contribution in [0.4, 0.5) is 5.82 Å². The summed E-state index contributed by atoms with van der Waals surface area (Å²) in [7, 11) is 0. The number of nitrogens with one attached hydrogen (secondary N) is 1. The summed E-state index contributed by atoms with van der Waals surface area (Å²) in [5.41, 5.74) is 1.57. The van der Waals surface area contributed by atoms with Crippen LogP contribution in [0.15, 0.2) is 35.9 Å². The molecule has 0 spiro atoms. The first-order valence-electron chi connectivity index (χ1n) is 5.27. The Morgan fingerprint density at radius 3 is 2.78 bits per heavy atom. The molecule has 2 heterocycles. The van der Waals surface area contributed by atoms with E-state index in [2.05, 4.69) is 26.3 Å². The van der Waals surface area contributed by atoms with E-state index in [4.69, 9.17) is 5.26 Å². The van der Waals surface area contributed by atoms with Crippen molar-refractivity contribution in [3.63, 3.8) is 0 Å². The van der Waals surface area contributed by atoms with E-state index in [9.17, 15) is 0 Å². The highest BCUT2D eigenvalue weighted by atomic mass is 32.2. The third-order valence-corrected chi connectivity index (χ3v) is 3.02. The van der Waals surface area contributed by atoms with Crippen LogP contribution in [0.2, 0.25) is 0 Å². The van der Waals surface area contributed by atoms with Crippen LogP contribution in [0, 0.1) is 11.3 Å². The summed E-state index contributed by atoms with van der Waals surface area (Å²) in [5, 5.41) is 13.0. The van der Waals surface area contributed by atoms with Crippen LogP contribution >= 0.6 is 11.8 Å². The molecule has 0 amide bonds. The minimum atomic E-state index is 0.485. The lowest BCUT2D eigenvalue weighted by atomic mass is 10.2. The fourth-order valence-corrected chi connectivity index (χ4v) is 1.94. The number of hydrogen-bond donors (Lipinski definition) is 1. The molecule has 0 aromatic carbocycles. The minimum Gasteiger partial charge on any atom is -0.365 e. The van der Waals surface area contributed by atoms with Crippen molar-refractivity contribution in [1.82, 2.24) is 15.0 Å². The molecule has 2 aromatic rings. The van der Waals surface area contributed by atoms with Crippen LogP contribution in [0.25, 0.3) is 0 Å². The smallest absolute Gasteiger partial charge is 0.148 e. The molecular formula is C12H11N5S. The van der Waals surface area contributed by atoms with E-state index < -0.39 is 0 Å². The normalized spacial score (nSPS) is 9.78. The largest absolute Gasteiger partial charge is 0.365 e. The predicted molar refractivity (Wildman–Crippen MR) is 70.1 cm³/mol. The fraction of sp³-hybridized carbons (Fsp3) is 0.167. The molecule has 6 heteroatoms. The van der Waals surface area contributed by atoms with Gasteiger partial charge < -0.3 is 5.32 Å². The fourth-order valence-electron chi connectivity index (χ4n) is 1.45. The Labute approximate surface area is 109 Å². The lowest BCUT2D eigenvalue weighted by molar-refractivity contribution is 1.00. The second kappa shape index (κ2) is 5.98. The van der Waals surface area contributed by atoms with Crippen LogP contribution in [0.5, 0.6) is 0 Å². The van der Waals surface area contributed by atoms with Crippen molar-refractivity contribution in [2.45, 2.75) is 11.6 Å². The summed E-state index contributed by atoms with van der Waals surface area (Å²) >= 11 is 1.43. The van der Waals surface area contributed by atoms with Crippen molar-refractivity contribution in [2.24, 2.45) is 0 Å². The molecule has 90 valence electrons. The van der Waals surface area contributed by atoms with Gasteiger partial charge in [-0.2, -0.15) is 5.26 Å². The predicted octanol–water partition coefficient (Wildman–Crippen LogP) is 2.08. The zero-order valence-electron chi connectivity index (χ0n) is 9.79. The molecule has 0 unspecified atom stereocenters. The monoisotopic (exact) mass is 257 g/mol. The van der Waals surface area contributed by atoms with Crippen molar-refractivity contribution in [2.75, 3.05) is 11.6 Å². The van der Waals surface area contributed by atoms with Gasteiger partial charge in [0.25, 0.3) is 0 Å². The van der Waals surface area contributed by atoms with Crippen LogP contribution in [0.3, 0.4) is 0 Å². The average molecular weight is 257 g/mol. The maximum atomic E-state index is 9.13. The molecule has 2 rings (SSSR count). The van der Waals surface area contributed by atoms with Gasteiger partial charge in [-0.05, 0) is 24.0 Å². The summed E-state index contributed by atoms with van der Waals surface area (Å²) in [5.74, 6) is 0.564. The quantitative estimate of drug-likeness (QED) is 0.667. The molecule has 5 nitrogen and oxygen atoms in total. The van der Waals surface area contributed by atoms with Gasteiger partial charge in [-0.15, -0.1) is 11.8 Å². The molecule has 0 atom stereocenters. The van der Waals surface area contributed by atoms with Gasteiger partial charge in [0.05, 0.1) is 0 Å². The zero-order valence-corrected chi connectivity index (χ0v) is 10.6. The summed E-state index contributed by atoms with van der Waals surface area (Å²) < 4.78 is 0. The van der Waals surface area contributed by atoms with Gasteiger partial charge in [0.2, 0.25) is 0 Å². The zero-order chi connectivity index (χ0) is 12.8. The first-order chi connectivity index (χ1) is 8.85. The molecule has 0 saturated heterocycles. The molecule has 0 aliphatic carbocycles. The Hall–Kier alpha value is -2.13. The third kappa shape index (κ3) is 2.76. The Morgan fingerprint density at radius 2 is 2.11 bits per heavy atom. The Bertz CT molecular complexity index is 564. The van der Waals surface area contributed by atoms with Gasteiger partial charge in [0, 0.05) is 18.9 Å². The van der Waals surface area contributed by atoms with Gasteiger partial charge in [-0.1, -0.05) is 0 Å². The first-order valence-corrected chi connectivity index (χ1v) is 6.49. The van der Waals surface area contributed by atoms with E-state index in [1.165, 1.54) is 18.1 Å². The molecule has 0 fully saturated rings. The number of nitrogens with zero attached hydrogens (tertiary/aromatic N) is 4. The number of hydrogen-bond acceptors (Lipinski definition) is 6. The second-order valence-electron chi connectivity index (χ2n) is 3.43. The van der Waals surface area contributed by atoms with Gasteiger partial charge in [0.1, 0.15) is 28.8 Å². The van der Waals surface area contributed by atoms with Crippen molar-refractivity contribution in [3.05, 3.63) is 42.0 Å². The van der Waals surface area contributed by atoms with Gasteiger partial charge in [-0.25, -0.2) is 9.97 Å². The van der Waals surface area contributed by atoms with Crippen LogP contribution < -0.4 is 5.32 Å². The lowest BCUT2D eigenvalue weighted by Crippen LogP contribution is -2.05. The average Bonchev–Trinajstić information content (AvgIpc) is 2.45. The summed E-state index contributed by atoms with van der Waals surface area (Å²) in [6, 6.07) is 5.96. The molecule has 0 saturated carbocycles. The molecule has 0 bridgehead atoms. The topological polar surface area (TPSA) is 74.5 Å². The number of nitriles is 1. The van der Waals surface area contributed by atoms with E-state index in [0.717, 1.165) is 5.56 Å². The SMILES string of the molecule is CSc1ncnc(NCc2ccncc2)c1C#N. The highest BCUT2D eigenvalue weighted by Gasteiger charge is 2.09. The third-order valence-electron chi connectivity index (χ3n) is 2.33. The van der Waals surface area contributed by atoms with E-state index in [1.54, 1.807) is 12.4 Å². The molecular weight excluding hydrogens is 246 g/mol. The number of aromatic nitrogens is 3. The van der Waals surface area contributed by atoms with Crippen molar-refractivity contribution in [1.29, 1.82) is 5.26 Å². The molecule has 0 aliphatic heterocycles. The van der Waals surface area contributed by atoms with Crippen LogP contribution in [-0.2, 0) is 6.54 Å². The number of anilines is 1. The summed E-state index contributed by atoms with van der Waals surface area (Å²) in [4.78, 5) is 12.1. The lowest BCUT2D eigenvalue weighted by Gasteiger charge is -2.08. The summed E-state index contributed by atoms with van der Waals surface area (Å²) in [6.45, 7) is 0.599. The Kier molecular flexibility index (Phi) is 4.10. The Balaban J connectivity index is 2.17. The van der Waals surface area contributed by atoms with E-state index >= 15 is 0 Å². The van der Waals surface area contributed by atoms with Crippen molar-refractivity contribution < 1.29 is 0 Å². The molecule has 1 N–H and O–H groups in total. The maximum Gasteiger partial charge on any atom is 0.148 e. The van der Waals surface area contributed by atoms with Gasteiger partial charge in [-0.3, -0.25) is 4.98 Å². The van der Waals surface area contributed by atoms with E-state index in [-0.39, 0.29) is 0 Å².